The first kappa shape index (κ1) is 14.0. The largest absolute Gasteiger partial charge is 0.438 e. The minimum absolute atomic E-state index is 0.636. The van der Waals surface area contributed by atoms with Gasteiger partial charge in [-0.1, -0.05) is 19.1 Å². The number of anilines is 1. The van der Waals surface area contributed by atoms with E-state index in [-0.39, 0.29) is 0 Å². The number of benzene rings is 2. The van der Waals surface area contributed by atoms with E-state index in [4.69, 9.17) is 15.1 Å². The predicted molar refractivity (Wildman–Crippen MR) is 99.9 cm³/mol. The molecule has 5 rings (SSSR count). The van der Waals surface area contributed by atoms with Crippen LogP contribution >= 0.6 is 0 Å². The van der Waals surface area contributed by atoms with Gasteiger partial charge in [0.2, 0.25) is 5.71 Å². The summed E-state index contributed by atoms with van der Waals surface area (Å²) in [5, 5.41) is 2.01. The number of nitrogens with zero attached hydrogens (tertiary/aromatic N) is 3. The lowest BCUT2D eigenvalue weighted by atomic mass is 10.1. The normalized spacial score (nSPS) is 11.7. The maximum atomic E-state index is 6.27. The van der Waals surface area contributed by atoms with E-state index in [9.17, 15) is 0 Å². The molecule has 0 fully saturated rings. The van der Waals surface area contributed by atoms with Gasteiger partial charge in [0.05, 0.1) is 33.2 Å². The van der Waals surface area contributed by atoms with Crippen LogP contribution in [-0.4, -0.2) is 14.5 Å². The number of pyridine rings is 1. The fraction of sp³-hybridized carbons (Fsp3) is 0.100. The van der Waals surface area contributed by atoms with Crippen LogP contribution in [0.5, 0.6) is 0 Å². The predicted octanol–water partition coefficient (Wildman–Crippen LogP) is 4.46. The Morgan fingerprint density at radius 1 is 1.08 bits per heavy atom. The fourth-order valence-corrected chi connectivity index (χ4v) is 3.50. The first-order valence-corrected chi connectivity index (χ1v) is 8.30. The average Bonchev–Trinajstić information content (AvgIpc) is 3.19. The second kappa shape index (κ2) is 5.08. The van der Waals surface area contributed by atoms with Crippen molar-refractivity contribution in [2.24, 2.45) is 0 Å². The summed E-state index contributed by atoms with van der Waals surface area (Å²) in [5.41, 5.74) is 11.3. The first-order valence-electron chi connectivity index (χ1n) is 8.30. The summed E-state index contributed by atoms with van der Waals surface area (Å²) >= 11 is 0. The molecule has 3 aromatic heterocycles. The van der Waals surface area contributed by atoms with E-state index in [1.165, 1.54) is 0 Å². The molecular formula is C20H16N4O. The van der Waals surface area contributed by atoms with Gasteiger partial charge in [-0.3, -0.25) is 4.57 Å². The van der Waals surface area contributed by atoms with Gasteiger partial charge in [0.25, 0.3) is 0 Å². The Morgan fingerprint density at radius 2 is 1.96 bits per heavy atom. The molecule has 0 aliphatic carbocycles. The summed E-state index contributed by atoms with van der Waals surface area (Å²) < 4.78 is 8.09. The van der Waals surface area contributed by atoms with Gasteiger partial charge in [-0.15, -0.1) is 0 Å². The van der Waals surface area contributed by atoms with Crippen molar-refractivity contribution < 1.29 is 4.42 Å². The third-order valence-electron chi connectivity index (χ3n) is 4.59. The molecule has 0 radical (unpaired) electrons. The Bertz CT molecular complexity index is 1250. The second-order valence-electron chi connectivity index (χ2n) is 6.04. The van der Waals surface area contributed by atoms with Crippen molar-refractivity contribution in [2.45, 2.75) is 13.3 Å². The van der Waals surface area contributed by atoms with Gasteiger partial charge < -0.3 is 10.2 Å². The molecule has 0 aliphatic heterocycles. The Labute approximate surface area is 143 Å². The third-order valence-corrected chi connectivity index (χ3v) is 4.59. The molecule has 0 saturated heterocycles. The van der Waals surface area contributed by atoms with Crippen molar-refractivity contribution in [3.63, 3.8) is 0 Å². The lowest BCUT2D eigenvalue weighted by Crippen LogP contribution is -2.03. The molecule has 0 amide bonds. The van der Waals surface area contributed by atoms with Gasteiger partial charge in [-0.2, -0.15) is 0 Å². The number of nitrogens with two attached hydrogens (primary N) is 1. The molecule has 5 aromatic rings. The van der Waals surface area contributed by atoms with E-state index < -0.39 is 0 Å². The number of aryl methyl sites for hydroxylation is 1. The van der Waals surface area contributed by atoms with Gasteiger partial charge in [-0.25, -0.2) is 9.97 Å². The summed E-state index contributed by atoms with van der Waals surface area (Å²) in [6.07, 6.45) is 2.55. The smallest absolute Gasteiger partial charge is 0.227 e. The maximum absolute atomic E-state index is 6.27. The molecule has 5 heteroatoms. The molecule has 0 aliphatic rings. The summed E-state index contributed by atoms with van der Waals surface area (Å²) in [7, 11) is 0. The quantitative estimate of drug-likeness (QED) is 0.486. The standard InChI is InChI=1S/C20H16N4O/c1-2-17-23-14-9-10-16-18(12-6-5-11-22-20(12)25-16)19(14)24(17)15-8-4-3-7-13(15)21/h3-11H,2,21H2,1H3. The molecule has 2 aromatic carbocycles. The lowest BCUT2D eigenvalue weighted by molar-refractivity contribution is 0.654. The number of furan rings is 1. The van der Waals surface area contributed by atoms with Crippen LogP contribution in [0.25, 0.3) is 38.8 Å². The molecule has 122 valence electrons. The number of imidazole rings is 1. The monoisotopic (exact) mass is 328 g/mol. The zero-order valence-electron chi connectivity index (χ0n) is 13.7. The van der Waals surface area contributed by atoms with Crippen LogP contribution in [0.3, 0.4) is 0 Å². The summed E-state index contributed by atoms with van der Waals surface area (Å²) in [4.78, 5) is 9.18. The van der Waals surface area contributed by atoms with Crippen LogP contribution in [0.4, 0.5) is 5.69 Å². The zero-order valence-corrected chi connectivity index (χ0v) is 13.7. The van der Waals surface area contributed by atoms with Crippen LogP contribution < -0.4 is 5.73 Å². The highest BCUT2D eigenvalue weighted by molar-refractivity contribution is 6.16. The molecule has 5 nitrogen and oxygen atoms in total. The SMILES string of the molecule is CCc1nc2ccc3oc4ncccc4c3c2n1-c1ccccc1N. The van der Waals surface area contributed by atoms with E-state index in [1.54, 1.807) is 6.20 Å². The van der Waals surface area contributed by atoms with Crippen LogP contribution in [0, 0.1) is 0 Å². The van der Waals surface area contributed by atoms with Crippen LogP contribution in [0.1, 0.15) is 12.7 Å². The molecule has 0 unspecified atom stereocenters. The summed E-state index contributed by atoms with van der Waals surface area (Å²) in [6, 6.07) is 15.8. The highest BCUT2D eigenvalue weighted by Crippen LogP contribution is 2.36. The first-order chi connectivity index (χ1) is 12.3. The van der Waals surface area contributed by atoms with Crippen molar-refractivity contribution in [3.8, 4) is 5.69 Å². The van der Waals surface area contributed by atoms with E-state index >= 15 is 0 Å². The van der Waals surface area contributed by atoms with Crippen molar-refractivity contribution >= 4 is 38.8 Å². The molecule has 0 atom stereocenters. The minimum atomic E-state index is 0.636. The van der Waals surface area contributed by atoms with Gasteiger partial charge in [0, 0.05) is 12.6 Å². The maximum Gasteiger partial charge on any atom is 0.227 e. The molecule has 3 heterocycles. The van der Waals surface area contributed by atoms with Gasteiger partial charge in [-0.05, 0) is 36.4 Å². The third kappa shape index (κ3) is 1.89. The second-order valence-corrected chi connectivity index (χ2v) is 6.04. The van der Waals surface area contributed by atoms with E-state index in [2.05, 4.69) is 16.5 Å². The summed E-state index contributed by atoms with van der Waals surface area (Å²) in [5.74, 6) is 0.971. The van der Waals surface area contributed by atoms with Crippen LogP contribution in [0.2, 0.25) is 0 Å². The lowest BCUT2D eigenvalue weighted by Gasteiger charge is -2.11. The zero-order chi connectivity index (χ0) is 17.0. The molecule has 0 saturated carbocycles. The highest BCUT2D eigenvalue weighted by Gasteiger charge is 2.19. The number of aromatic nitrogens is 3. The number of hydrogen-bond acceptors (Lipinski definition) is 4. The number of para-hydroxylation sites is 2. The molecular weight excluding hydrogens is 312 g/mol. The molecule has 25 heavy (non-hydrogen) atoms. The van der Waals surface area contributed by atoms with Gasteiger partial charge >= 0.3 is 0 Å². The molecule has 2 N–H and O–H groups in total. The van der Waals surface area contributed by atoms with E-state index in [0.29, 0.717) is 5.71 Å². The van der Waals surface area contributed by atoms with Gasteiger partial charge in [0.1, 0.15) is 11.4 Å². The van der Waals surface area contributed by atoms with Crippen molar-refractivity contribution in [3.05, 3.63) is 60.6 Å². The number of nitrogen functional groups attached to an aromatic ring is 1. The topological polar surface area (TPSA) is 69.9 Å². The Hall–Kier alpha value is -3.34. The number of fused-ring (bicyclic) bond motifs is 5. The average molecular weight is 328 g/mol. The van der Waals surface area contributed by atoms with E-state index in [0.717, 1.165) is 51.0 Å². The molecule has 0 bridgehead atoms. The van der Waals surface area contributed by atoms with Crippen molar-refractivity contribution in [2.75, 3.05) is 5.73 Å². The summed E-state index contributed by atoms with van der Waals surface area (Å²) in [6.45, 7) is 2.10. The van der Waals surface area contributed by atoms with Crippen LogP contribution in [-0.2, 0) is 6.42 Å². The highest BCUT2D eigenvalue weighted by atomic mass is 16.3. The van der Waals surface area contributed by atoms with Gasteiger partial charge in [0.15, 0.2) is 0 Å². The minimum Gasteiger partial charge on any atom is -0.438 e. The van der Waals surface area contributed by atoms with Crippen molar-refractivity contribution in [1.29, 1.82) is 0 Å². The fourth-order valence-electron chi connectivity index (χ4n) is 3.50. The number of hydrogen-bond donors (Lipinski definition) is 1. The Balaban J connectivity index is 2.04. The van der Waals surface area contributed by atoms with E-state index in [1.807, 2.05) is 48.5 Å². The molecule has 0 spiro atoms. The van der Waals surface area contributed by atoms with Crippen molar-refractivity contribution in [1.82, 2.24) is 14.5 Å². The number of rotatable bonds is 2. The Morgan fingerprint density at radius 3 is 2.80 bits per heavy atom. The van der Waals surface area contributed by atoms with Crippen LogP contribution in [0.15, 0.2) is 59.1 Å². The Kier molecular flexibility index (Phi) is 2.85.